The summed E-state index contributed by atoms with van der Waals surface area (Å²) in [7, 11) is 1.28. The van der Waals surface area contributed by atoms with Gasteiger partial charge in [0, 0.05) is 18.9 Å². The molecule has 11 heteroatoms. The number of ether oxygens (including phenoxy) is 6. The highest BCUT2D eigenvalue weighted by Crippen LogP contribution is 2.43. The summed E-state index contributed by atoms with van der Waals surface area (Å²) in [5, 5.41) is 39.6. The van der Waals surface area contributed by atoms with Crippen LogP contribution in [0.1, 0.15) is 20.3 Å². The van der Waals surface area contributed by atoms with E-state index in [1.807, 2.05) is 6.92 Å². The van der Waals surface area contributed by atoms with Gasteiger partial charge in [0.05, 0.1) is 37.6 Å². The third-order valence-corrected chi connectivity index (χ3v) is 5.75. The Balaban J connectivity index is 1.82. The molecule has 1 unspecified atom stereocenters. The van der Waals surface area contributed by atoms with Gasteiger partial charge in [-0.25, -0.2) is 4.79 Å². The Hall–Kier alpha value is -1.31. The summed E-state index contributed by atoms with van der Waals surface area (Å²) in [6, 6.07) is 0. The Kier molecular flexibility index (Phi) is 7.69. The molecule has 2 fully saturated rings. The van der Waals surface area contributed by atoms with Gasteiger partial charge in [0.1, 0.15) is 24.4 Å². The zero-order valence-electron chi connectivity index (χ0n) is 17.1. The second-order valence-electron chi connectivity index (χ2n) is 7.55. The Morgan fingerprint density at radius 1 is 1.17 bits per heavy atom. The van der Waals surface area contributed by atoms with Crippen LogP contribution in [-0.4, -0.2) is 96.1 Å². The Morgan fingerprint density at radius 2 is 1.90 bits per heavy atom. The molecule has 10 atom stereocenters. The van der Waals surface area contributed by atoms with Crippen LogP contribution in [0, 0.1) is 11.8 Å². The minimum Gasteiger partial charge on any atom is -0.471 e. The number of rotatable bonds is 6. The minimum absolute atomic E-state index is 0.316. The quantitative estimate of drug-likeness (QED) is 0.366. The largest absolute Gasteiger partial charge is 0.471 e. The van der Waals surface area contributed by atoms with E-state index >= 15 is 0 Å². The van der Waals surface area contributed by atoms with Crippen LogP contribution >= 0.6 is 0 Å². The van der Waals surface area contributed by atoms with E-state index in [1.165, 1.54) is 13.4 Å². The number of aliphatic hydroxyl groups is 4. The molecule has 0 amide bonds. The summed E-state index contributed by atoms with van der Waals surface area (Å²) in [6.07, 6.45) is -7.51. The smallest absolute Gasteiger partial charge is 0.337 e. The number of carbonyl (C=O) groups is 1. The van der Waals surface area contributed by atoms with Crippen molar-refractivity contribution in [1.82, 2.24) is 0 Å². The molecule has 0 aromatic rings. The molecule has 3 heterocycles. The first-order chi connectivity index (χ1) is 14.3. The molecule has 0 spiro atoms. The van der Waals surface area contributed by atoms with Crippen LogP contribution in [0.4, 0.5) is 0 Å². The number of hydrogen-bond acceptors (Lipinski definition) is 11. The van der Waals surface area contributed by atoms with Crippen molar-refractivity contribution in [1.29, 1.82) is 0 Å². The summed E-state index contributed by atoms with van der Waals surface area (Å²) in [4.78, 5) is 12.3. The van der Waals surface area contributed by atoms with Gasteiger partial charge in [-0.1, -0.05) is 0 Å². The fourth-order valence-corrected chi connectivity index (χ4v) is 4.19. The first kappa shape index (κ1) is 23.4. The molecule has 11 nitrogen and oxygen atoms in total. The number of hydrogen-bond donors (Lipinski definition) is 4. The van der Waals surface area contributed by atoms with Crippen LogP contribution in [0.5, 0.6) is 0 Å². The molecule has 0 bridgehead atoms. The van der Waals surface area contributed by atoms with Gasteiger partial charge < -0.3 is 48.8 Å². The van der Waals surface area contributed by atoms with Crippen molar-refractivity contribution >= 4 is 5.97 Å². The molecule has 0 radical (unpaired) electrons. The lowest BCUT2D eigenvalue weighted by Crippen LogP contribution is -2.61. The van der Waals surface area contributed by atoms with Crippen molar-refractivity contribution < 1.29 is 53.6 Å². The summed E-state index contributed by atoms with van der Waals surface area (Å²) in [6.45, 7) is 3.49. The highest BCUT2D eigenvalue weighted by Gasteiger charge is 2.51. The fourth-order valence-electron chi connectivity index (χ4n) is 4.19. The lowest BCUT2D eigenvalue weighted by Gasteiger charge is -2.47. The number of carbonyl (C=O) groups excluding carboxylic acids is 1. The Bertz CT molecular complexity index is 624. The molecule has 3 rings (SSSR count). The molecule has 172 valence electrons. The first-order valence-electron chi connectivity index (χ1n) is 9.99. The highest BCUT2D eigenvalue weighted by molar-refractivity contribution is 5.88. The molecule has 0 aliphatic carbocycles. The number of aliphatic hydroxyl groups excluding tert-OH is 4. The van der Waals surface area contributed by atoms with E-state index in [9.17, 15) is 25.2 Å². The molecular weight excluding hydrogens is 404 g/mol. The van der Waals surface area contributed by atoms with Gasteiger partial charge in [0.2, 0.25) is 6.29 Å². The second kappa shape index (κ2) is 9.88. The lowest BCUT2D eigenvalue weighted by molar-refractivity contribution is -0.353. The molecule has 3 aliphatic rings. The van der Waals surface area contributed by atoms with E-state index in [0.717, 1.165) is 0 Å². The zero-order valence-corrected chi connectivity index (χ0v) is 17.1. The second-order valence-corrected chi connectivity index (χ2v) is 7.55. The van der Waals surface area contributed by atoms with E-state index in [1.54, 1.807) is 6.92 Å². The molecule has 0 aromatic heterocycles. The average molecular weight is 434 g/mol. The van der Waals surface area contributed by atoms with E-state index in [0.29, 0.717) is 18.6 Å². The van der Waals surface area contributed by atoms with Gasteiger partial charge in [-0.15, -0.1) is 0 Å². The number of esters is 1. The molecular formula is C19H30O11. The predicted molar refractivity (Wildman–Crippen MR) is 97.4 cm³/mol. The van der Waals surface area contributed by atoms with Crippen LogP contribution in [-0.2, 0) is 33.2 Å². The van der Waals surface area contributed by atoms with Crippen LogP contribution in [0.15, 0.2) is 11.8 Å². The van der Waals surface area contributed by atoms with E-state index in [2.05, 4.69) is 0 Å². The highest BCUT2D eigenvalue weighted by atomic mass is 16.8. The lowest BCUT2D eigenvalue weighted by atomic mass is 9.77. The third-order valence-electron chi connectivity index (χ3n) is 5.75. The van der Waals surface area contributed by atoms with E-state index in [-0.39, 0.29) is 5.92 Å². The Morgan fingerprint density at radius 3 is 2.53 bits per heavy atom. The van der Waals surface area contributed by atoms with Crippen LogP contribution in [0.25, 0.3) is 0 Å². The van der Waals surface area contributed by atoms with Gasteiger partial charge in [-0.2, -0.15) is 0 Å². The number of methoxy groups -OCH3 is 1. The maximum absolute atomic E-state index is 12.3. The zero-order chi connectivity index (χ0) is 22.0. The first-order valence-corrected chi connectivity index (χ1v) is 9.99. The standard InChI is InChI=1S/C19H30O11/c1-4-26-12-5-9-10(17(24)25-3)7-27-18(13(9)8(2)28-12)30-19-16(23)15(22)14(21)11(6-20)29-19/h7-9,11-16,18-23H,4-6H2,1-3H3/t8-,9+,11+,12+,13+,14+,15-,16+,18?,19-/m0/s1. The number of fused-ring (bicyclic) bond motifs is 1. The van der Waals surface area contributed by atoms with Gasteiger partial charge >= 0.3 is 5.97 Å². The summed E-state index contributed by atoms with van der Waals surface area (Å²) >= 11 is 0. The average Bonchev–Trinajstić information content (AvgIpc) is 2.73. The van der Waals surface area contributed by atoms with Crippen molar-refractivity contribution in [3.8, 4) is 0 Å². The molecule has 4 N–H and O–H groups in total. The van der Waals surface area contributed by atoms with Gasteiger partial charge in [-0.3, -0.25) is 0 Å². The van der Waals surface area contributed by atoms with Gasteiger partial charge in [0.25, 0.3) is 0 Å². The van der Waals surface area contributed by atoms with Crippen molar-refractivity contribution in [2.24, 2.45) is 11.8 Å². The third kappa shape index (κ3) is 4.48. The summed E-state index contributed by atoms with van der Waals surface area (Å²) in [5.41, 5.74) is 0.316. The topological polar surface area (TPSA) is 153 Å². The van der Waals surface area contributed by atoms with E-state index < -0.39 is 67.9 Å². The molecule has 0 aromatic carbocycles. The summed E-state index contributed by atoms with van der Waals surface area (Å²) in [5.74, 6) is -1.39. The van der Waals surface area contributed by atoms with E-state index in [4.69, 9.17) is 28.4 Å². The van der Waals surface area contributed by atoms with Crippen molar-refractivity contribution in [2.45, 2.75) is 69.7 Å². The monoisotopic (exact) mass is 434 g/mol. The van der Waals surface area contributed by atoms with Crippen molar-refractivity contribution in [3.63, 3.8) is 0 Å². The molecule has 30 heavy (non-hydrogen) atoms. The van der Waals surface area contributed by atoms with Crippen molar-refractivity contribution in [3.05, 3.63) is 11.8 Å². The fraction of sp³-hybridized carbons (Fsp3) is 0.842. The minimum atomic E-state index is -1.58. The SMILES string of the molecule is CCO[C@H]1C[C@@H]2C(C(=O)OC)=COC(O[C@@H]3O[C@H](CO)[C@@H](O)[C@H](O)[C@H]3O)[C@@H]2[C@H](C)O1. The van der Waals surface area contributed by atoms with Crippen LogP contribution in [0.3, 0.4) is 0 Å². The predicted octanol–water partition coefficient (Wildman–Crippen LogP) is -1.38. The van der Waals surface area contributed by atoms with Gasteiger partial charge in [0.15, 0.2) is 12.6 Å². The molecule has 0 saturated carbocycles. The molecule has 3 aliphatic heterocycles. The molecule has 2 saturated heterocycles. The Labute approximate surface area is 174 Å². The van der Waals surface area contributed by atoms with Gasteiger partial charge in [-0.05, 0) is 13.8 Å². The normalized spacial score (nSPS) is 43.9. The maximum Gasteiger partial charge on any atom is 0.337 e. The van der Waals surface area contributed by atoms with Crippen LogP contribution in [0.2, 0.25) is 0 Å². The summed E-state index contributed by atoms with van der Waals surface area (Å²) < 4.78 is 33.2. The maximum atomic E-state index is 12.3. The van der Waals surface area contributed by atoms with Crippen molar-refractivity contribution in [2.75, 3.05) is 20.3 Å². The van der Waals surface area contributed by atoms with Crippen LogP contribution < -0.4 is 0 Å².